The van der Waals surface area contributed by atoms with Crippen molar-refractivity contribution in [1.29, 1.82) is 0 Å². The van der Waals surface area contributed by atoms with Crippen molar-refractivity contribution in [1.82, 2.24) is 29.1 Å². The van der Waals surface area contributed by atoms with Crippen molar-refractivity contribution in [2.45, 2.75) is 12.3 Å². The van der Waals surface area contributed by atoms with Crippen LogP contribution in [0.5, 0.6) is 0 Å². The summed E-state index contributed by atoms with van der Waals surface area (Å²) in [6.07, 6.45) is 2.57. The summed E-state index contributed by atoms with van der Waals surface area (Å²) >= 11 is 0. The van der Waals surface area contributed by atoms with Crippen molar-refractivity contribution < 1.29 is 9.53 Å². The second-order valence-corrected chi connectivity index (χ2v) is 9.37. The van der Waals surface area contributed by atoms with Crippen LogP contribution in [-0.4, -0.2) is 74.6 Å². The van der Waals surface area contributed by atoms with E-state index in [1.54, 1.807) is 17.8 Å². The van der Waals surface area contributed by atoms with Crippen molar-refractivity contribution in [2.24, 2.45) is 7.05 Å². The summed E-state index contributed by atoms with van der Waals surface area (Å²) in [5.74, 6) is 0.692. The maximum absolute atomic E-state index is 13.1. The van der Waals surface area contributed by atoms with Crippen molar-refractivity contribution in [3.63, 3.8) is 0 Å². The number of ether oxygens (including phenoxy) is 1. The minimum absolute atomic E-state index is 0.00451. The van der Waals surface area contributed by atoms with E-state index in [9.17, 15) is 9.59 Å². The predicted molar refractivity (Wildman–Crippen MR) is 136 cm³/mol. The molecule has 0 spiro atoms. The van der Waals surface area contributed by atoms with Crippen LogP contribution in [0.2, 0.25) is 0 Å². The number of aryl methyl sites for hydroxylation is 1. The quantitative estimate of drug-likeness (QED) is 0.446. The number of likely N-dealkylation sites (tertiary alicyclic amines) is 1. The van der Waals surface area contributed by atoms with Gasteiger partial charge in [-0.2, -0.15) is 5.10 Å². The number of carbonyl (C=O) groups is 1. The van der Waals surface area contributed by atoms with Gasteiger partial charge in [0.15, 0.2) is 0 Å². The molecule has 0 bridgehead atoms. The Bertz CT molecular complexity index is 1470. The largest absolute Gasteiger partial charge is 0.378 e. The van der Waals surface area contributed by atoms with Gasteiger partial charge in [-0.05, 0) is 41.8 Å². The molecule has 184 valence electrons. The van der Waals surface area contributed by atoms with Crippen molar-refractivity contribution in [3.8, 4) is 16.8 Å². The van der Waals surface area contributed by atoms with Gasteiger partial charge in [-0.15, -0.1) is 0 Å². The van der Waals surface area contributed by atoms with Gasteiger partial charge in [0.2, 0.25) is 0 Å². The highest BCUT2D eigenvalue weighted by Gasteiger charge is 2.34. The number of pyridine rings is 1. The molecule has 9 nitrogen and oxygen atoms in total. The molecule has 2 saturated heterocycles. The Morgan fingerprint density at radius 3 is 2.56 bits per heavy atom. The van der Waals surface area contributed by atoms with Crippen LogP contribution in [-0.2, 0) is 11.8 Å². The molecule has 0 N–H and O–H groups in total. The number of fused-ring (bicyclic) bond motifs is 1. The monoisotopic (exact) mass is 484 g/mol. The summed E-state index contributed by atoms with van der Waals surface area (Å²) in [6, 6.07) is 18.2. The molecule has 0 saturated carbocycles. The lowest BCUT2D eigenvalue weighted by Crippen LogP contribution is -2.47. The number of rotatable bonds is 3. The molecule has 2 aromatic heterocycles. The highest BCUT2D eigenvalue weighted by atomic mass is 16.5. The van der Waals surface area contributed by atoms with Crippen LogP contribution in [0, 0.1) is 0 Å². The first kappa shape index (κ1) is 22.5. The van der Waals surface area contributed by atoms with Gasteiger partial charge >= 0.3 is 11.7 Å². The van der Waals surface area contributed by atoms with Crippen molar-refractivity contribution >= 4 is 16.9 Å². The van der Waals surface area contributed by atoms with Crippen LogP contribution in [0.1, 0.15) is 18.2 Å². The van der Waals surface area contributed by atoms with Crippen molar-refractivity contribution in [2.75, 3.05) is 39.4 Å². The molecular weight excluding hydrogens is 456 g/mol. The van der Waals surface area contributed by atoms with Gasteiger partial charge in [-0.25, -0.2) is 18.8 Å². The summed E-state index contributed by atoms with van der Waals surface area (Å²) in [6.45, 7) is 3.60. The molecule has 2 aromatic carbocycles. The van der Waals surface area contributed by atoms with E-state index in [2.05, 4.69) is 28.3 Å². The number of urea groups is 1. The highest BCUT2D eigenvalue weighted by Crippen LogP contribution is 2.29. The third kappa shape index (κ3) is 4.05. The molecule has 1 atom stereocenters. The minimum atomic E-state index is -0.189. The van der Waals surface area contributed by atoms with Gasteiger partial charge in [-0.1, -0.05) is 30.3 Å². The molecule has 6 rings (SSSR count). The Morgan fingerprint density at radius 2 is 1.75 bits per heavy atom. The number of carbonyl (C=O) groups excluding carboxylic acids is 1. The summed E-state index contributed by atoms with van der Waals surface area (Å²) in [5.41, 5.74) is 3.64. The third-order valence-corrected chi connectivity index (χ3v) is 7.12. The lowest BCUT2D eigenvalue weighted by molar-refractivity contribution is 0.0450. The van der Waals surface area contributed by atoms with E-state index in [4.69, 9.17) is 4.74 Å². The number of benzene rings is 2. The molecule has 2 amide bonds. The average Bonchev–Trinajstić information content (AvgIpc) is 3.53. The van der Waals surface area contributed by atoms with Crippen LogP contribution in [0.25, 0.3) is 27.7 Å². The zero-order valence-corrected chi connectivity index (χ0v) is 20.2. The number of morpholine rings is 1. The molecule has 4 heterocycles. The second-order valence-electron chi connectivity index (χ2n) is 9.37. The number of aromatic nitrogens is 4. The Kier molecular flexibility index (Phi) is 5.77. The molecule has 0 radical (unpaired) electrons. The second kappa shape index (κ2) is 9.23. The fourth-order valence-corrected chi connectivity index (χ4v) is 5.14. The van der Waals surface area contributed by atoms with Gasteiger partial charge in [-0.3, -0.25) is 4.98 Å². The zero-order valence-electron chi connectivity index (χ0n) is 20.2. The fourth-order valence-electron chi connectivity index (χ4n) is 5.14. The van der Waals surface area contributed by atoms with Gasteiger partial charge in [0.1, 0.15) is 5.82 Å². The summed E-state index contributed by atoms with van der Waals surface area (Å²) in [4.78, 5) is 34.2. The number of hydrogen-bond acceptors (Lipinski definition) is 5. The standard InChI is InChI=1S/C27H28N6O3/c1-30-26(34)33(25(29-30)22-10-12-32(18-22)27(35)31-13-15-36-16-14-31)23-8-6-19(7-9-23)21-5-4-20-3-2-11-28-24(20)17-21/h2-9,11,17,22H,10,12-16,18H2,1H3. The first-order chi connectivity index (χ1) is 17.6. The molecule has 9 heteroatoms. The fraction of sp³-hybridized carbons (Fsp3) is 0.333. The molecule has 36 heavy (non-hydrogen) atoms. The lowest BCUT2D eigenvalue weighted by Gasteiger charge is -2.30. The Hall–Kier alpha value is -3.98. The Morgan fingerprint density at radius 1 is 0.972 bits per heavy atom. The average molecular weight is 485 g/mol. The topological polar surface area (TPSA) is 85.5 Å². The minimum Gasteiger partial charge on any atom is -0.378 e. The SMILES string of the molecule is Cn1nc(C2CCN(C(=O)N3CCOCC3)C2)n(-c2ccc(-c3ccc4cccnc4c3)cc2)c1=O. The van der Waals surface area contributed by atoms with Gasteiger partial charge in [0.25, 0.3) is 0 Å². The van der Waals surface area contributed by atoms with E-state index in [0.29, 0.717) is 45.2 Å². The van der Waals surface area contributed by atoms with Crippen LogP contribution in [0.4, 0.5) is 4.79 Å². The number of hydrogen-bond donors (Lipinski definition) is 0. The summed E-state index contributed by atoms with van der Waals surface area (Å²) < 4.78 is 8.43. The Balaban J connectivity index is 1.26. The van der Waals surface area contributed by atoms with Gasteiger partial charge < -0.3 is 14.5 Å². The molecular formula is C27H28N6O3. The van der Waals surface area contributed by atoms with Crippen LogP contribution < -0.4 is 5.69 Å². The first-order valence-corrected chi connectivity index (χ1v) is 12.3. The highest BCUT2D eigenvalue weighted by molar-refractivity contribution is 5.84. The summed E-state index contributed by atoms with van der Waals surface area (Å²) in [5, 5.41) is 5.68. The van der Waals surface area contributed by atoms with E-state index in [1.165, 1.54) is 4.68 Å². The molecule has 2 aliphatic rings. The summed E-state index contributed by atoms with van der Waals surface area (Å²) in [7, 11) is 1.67. The van der Waals surface area contributed by atoms with E-state index < -0.39 is 0 Å². The van der Waals surface area contributed by atoms with Crippen LogP contribution >= 0.6 is 0 Å². The van der Waals surface area contributed by atoms with Crippen LogP contribution in [0.3, 0.4) is 0 Å². The maximum atomic E-state index is 13.1. The molecule has 1 unspecified atom stereocenters. The van der Waals surface area contributed by atoms with E-state index in [0.717, 1.165) is 34.1 Å². The first-order valence-electron chi connectivity index (χ1n) is 12.3. The smallest absolute Gasteiger partial charge is 0.350 e. The number of nitrogens with zero attached hydrogens (tertiary/aromatic N) is 6. The van der Waals surface area contributed by atoms with E-state index in [1.807, 2.05) is 46.2 Å². The molecule has 0 aliphatic carbocycles. The predicted octanol–water partition coefficient (Wildman–Crippen LogP) is 3.03. The molecule has 2 aliphatic heterocycles. The normalized spacial score (nSPS) is 18.2. The molecule has 4 aromatic rings. The zero-order chi connectivity index (χ0) is 24.6. The number of amides is 2. The maximum Gasteiger partial charge on any atom is 0.350 e. The third-order valence-electron chi connectivity index (χ3n) is 7.12. The molecule has 2 fully saturated rings. The van der Waals surface area contributed by atoms with E-state index in [-0.39, 0.29) is 17.6 Å². The van der Waals surface area contributed by atoms with Gasteiger partial charge in [0.05, 0.1) is 24.4 Å². The van der Waals surface area contributed by atoms with E-state index >= 15 is 0 Å². The van der Waals surface area contributed by atoms with Gasteiger partial charge in [0, 0.05) is 50.7 Å². The lowest BCUT2D eigenvalue weighted by atomic mass is 10.0. The Labute approximate surface area is 208 Å². The van der Waals surface area contributed by atoms with Crippen LogP contribution in [0.15, 0.2) is 65.6 Å². The van der Waals surface area contributed by atoms with Crippen molar-refractivity contribution in [3.05, 3.63) is 77.1 Å².